The third-order valence-corrected chi connectivity index (χ3v) is 13.3. The molecule has 9 aromatic carbocycles. The van der Waals surface area contributed by atoms with Crippen molar-refractivity contribution in [1.82, 2.24) is 0 Å². The molecule has 0 aliphatic carbocycles. The Balaban J connectivity index is 1.02. The fourth-order valence-electron chi connectivity index (χ4n) is 8.14. The molecule has 1 aliphatic heterocycles. The van der Waals surface area contributed by atoms with Crippen LogP contribution >= 0.6 is 23.1 Å². The van der Waals surface area contributed by atoms with Crippen LogP contribution in [0.15, 0.2) is 199 Å². The molecule has 260 valence electrons. The molecule has 0 saturated heterocycles. The van der Waals surface area contributed by atoms with E-state index in [1.54, 1.807) is 0 Å². The Hall–Kier alpha value is -6.33. The second kappa shape index (κ2) is 13.2. The number of benzene rings is 9. The first kappa shape index (κ1) is 32.1. The first-order valence-corrected chi connectivity index (χ1v) is 20.4. The predicted octanol–water partition coefficient (Wildman–Crippen LogP) is 15.4. The highest BCUT2D eigenvalue weighted by Gasteiger charge is 2.25. The molecule has 0 radical (unpaired) electrons. The van der Waals surface area contributed by atoms with Gasteiger partial charge in [0.25, 0.3) is 0 Å². The zero-order chi connectivity index (χ0) is 36.3. The van der Waals surface area contributed by atoms with Crippen LogP contribution in [-0.2, 0) is 0 Å². The van der Waals surface area contributed by atoms with Crippen LogP contribution in [0.25, 0.3) is 64.0 Å². The fourth-order valence-corrected chi connectivity index (χ4v) is 10.5. The van der Waals surface area contributed by atoms with E-state index in [9.17, 15) is 0 Å². The largest absolute Gasteiger partial charge is 0.368 e. The van der Waals surface area contributed by atoms with Gasteiger partial charge in [-0.05, 0) is 97.9 Å². The zero-order valence-corrected chi connectivity index (χ0v) is 31.4. The van der Waals surface area contributed by atoms with Crippen molar-refractivity contribution in [2.75, 3.05) is 10.2 Å². The Labute approximate surface area is 328 Å². The molecule has 10 aromatic rings. The van der Waals surface area contributed by atoms with Crippen LogP contribution in [0.4, 0.5) is 22.7 Å². The standard InChI is InChI=1S/C51H34N2S2/c1-2-12-37(13-3-1)51-52-46-32-48-45(31-49(46)55-51)44-18-9-19-47(50(44)54-48)53(40-26-22-34(23-27-40)39-21-20-33-10-4-5-14-38(33)30-39)41-28-24-36(25-29-41)43-17-8-15-35-11-6-7-16-42(35)43/h1-32,51-52H. The first-order chi connectivity index (χ1) is 27.2. The maximum absolute atomic E-state index is 3.79. The van der Waals surface area contributed by atoms with Crippen molar-refractivity contribution < 1.29 is 0 Å². The van der Waals surface area contributed by atoms with E-state index in [1.807, 2.05) is 23.1 Å². The van der Waals surface area contributed by atoms with Crippen LogP contribution < -0.4 is 10.2 Å². The fraction of sp³-hybridized carbons (Fsp3) is 0.0196. The monoisotopic (exact) mass is 738 g/mol. The highest BCUT2D eigenvalue weighted by molar-refractivity contribution is 8.00. The lowest BCUT2D eigenvalue weighted by Crippen LogP contribution is -2.10. The van der Waals surface area contributed by atoms with Crippen molar-refractivity contribution in [3.8, 4) is 22.3 Å². The van der Waals surface area contributed by atoms with Crippen LogP contribution in [0.3, 0.4) is 0 Å². The molecule has 1 aromatic heterocycles. The Morgan fingerprint density at radius 2 is 1.11 bits per heavy atom. The minimum Gasteiger partial charge on any atom is -0.368 e. The quantitative estimate of drug-likeness (QED) is 0.183. The highest BCUT2D eigenvalue weighted by Crippen LogP contribution is 2.52. The van der Waals surface area contributed by atoms with Gasteiger partial charge in [0.15, 0.2) is 0 Å². The maximum atomic E-state index is 3.79. The van der Waals surface area contributed by atoms with Gasteiger partial charge in [-0.15, -0.1) is 11.3 Å². The van der Waals surface area contributed by atoms with E-state index in [-0.39, 0.29) is 5.37 Å². The Morgan fingerprint density at radius 1 is 0.455 bits per heavy atom. The molecule has 2 nitrogen and oxygen atoms in total. The number of hydrogen-bond donors (Lipinski definition) is 1. The van der Waals surface area contributed by atoms with Crippen molar-refractivity contribution in [2.45, 2.75) is 10.3 Å². The van der Waals surface area contributed by atoms with Crippen molar-refractivity contribution in [3.05, 3.63) is 200 Å². The van der Waals surface area contributed by atoms with Gasteiger partial charge in [-0.3, -0.25) is 0 Å². The lowest BCUT2D eigenvalue weighted by molar-refractivity contribution is 1.14. The molecule has 4 heteroatoms. The first-order valence-electron chi connectivity index (χ1n) is 18.7. The zero-order valence-electron chi connectivity index (χ0n) is 29.8. The number of nitrogens with zero attached hydrogens (tertiary/aromatic N) is 1. The summed E-state index contributed by atoms with van der Waals surface area (Å²) in [6.07, 6.45) is 0. The summed E-state index contributed by atoms with van der Waals surface area (Å²) in [5, 5.41) is 11.6. The lowest BCUT2D eigenvalue weighted by atomic mass is 9.98. The van der Waals surface area contributed by atoms with Crippen molar-refractivity contribution >= 4 is 87.6 Å². The molecule has 0 amide bonds. The third-order valence-electron chi connectivity index (χ3n) is 10.9. The SMILES string of the molecule is c1ccc(C2Nc3cc4sc5c(N(c6ccc(-c7ccc8ccccc8c7)cc6)c6ccc(-c7cccc8ccccc78)cc6)cccc5c4cc3S2)cc1. The van der Waals surface area contributed by atoms with Crippen LogP contribution in [0, 0.1) is 0 Å². The predicted molar refractivity (Wildman–Crippen MR) is 239 cm³/mol. The summed E-state index contributed by atoms with van der Waals surface area (Å²) in [5.41, 5.74) is 10.8. The van der Waals surface area contributed by atoms with Gasteiger partial charge in [-0.1, -0.05) is 157 Å². The van der Waals surface area contributed by atoms with E-state index < -0.39 is 0 Å². The maximum Gasteiger partial charge on any atom is 0.103 e. The average Bonchev–Trinajstić information content (AvgIpc) is 3.84. The van der Waals surface area contributed by atoms with E-state index in [1.165, 1.54) is 85.8 Å². The van der Waals surface area contributed by atoms with Gasteiger partial charge < -0.3 is 10.2 Å². The molecule has 1 aliphatic rings. The number of rotatable bonds is 6. The van der Waals surface area contributed by atoms with Crippen LogP contribution in [0.5, 0.6) is 0 Å². The van der Waals surface area contributed by atoms with E-state index in [0.29, 0.717) is 0 Å². The summed E-state index contributed by atoms with van der Waals surface area (Å²) < 4.78 is 2.57. The average molecular weight is 739 g/mol. The molecule has 1 atom stereocenters. The Morgan fingerprint density at radius 3 is 1.93 bits per heavy atom. The normalized spacial score (nSPS) is 13.7. The third kappa shape index (κ3) is 5.65. The minimum atomic E-state index is 0.222. The van der Waals surface area contributed by atoms with Crippen LogP contribution in [-0.4, -0.2) is 0 Å². The highest BCUT2D eigenvalue weighted by atomic mass is 32.2. The van der Waals surface area contributed by atoms with E-state index >= 15 is 0 Å². The van der Waals surface area contributed by atoms with Crippen molar-refractivity contribution in [3.63, 3.8) is 0 Å². The number of thiophene rings is 1. The molecule has 55 heavy (non-hydrogen) atoms. The van der Waals surface area contributed by atoms with E-state index in [2.05, 4.69) is 204 Å². The van der Waals surface area contributed by atoms with E-state index in [0.717, 1.165) is 11.4 Å². The second-order valence-corrected chi connectivity index (χ2v) is 16.4. The lowest BCUT2D eigenvalue weighted by Gasteiger charge is -2.26. The minimum absolute atomic E-state index is 0.222. The summed E-state index contributed by atoms with van der Waals surface area (Å²) in [5.74, 6) is 0. The molecular weight excluding hydrogens is 705 g/mol. The van der Waals surface area contributed by atoms with Crippen molar-refractivity contribution in [2.24, 2.45) is 0 Å². The topological polar surface area (TPSA) is 15.3 Å². The molecule has 0 fully saturated rings. The Kier molecular flexibility index (Phi) is 7.71. The van der Waals surface area contributed by atoms with Crippen LogP contribution in [0.2, 0.25) is 0 Å². The molecule has 1 unspecified atom stereocenters. The van der Waals surface area contributed by atoms with Gasteiger partial charge in [0, 0.05) is 31.7 Å². The smallest absolute Gasteiger partial charge is 0.103 e. The number of fused-ring (bicyclic) bond motifs is 6. The summed E-state index contributed by atoms with van der Waals surface area (Å²) in [6, 6.07) is 71.0. The molecule has 11 rings (SSSR count). The van der Waals surface area contributed by atoms with Gasteiger partial charge in [-0.25, -0.2) is 0 Å². The summed E-state index contributed by atoms with van der Waals surface area (Å²) >= 11 is 3.78. The summed E-state index contributed by atoms with van der Waals surface area (Å²) in [7, 11) is 0. The molecule has 1 N–H and O–H groups in total. The van der Waals surface area contributed by atoms with Gasteiger partial charge in [0.1, 0.15) is 5.37 Å². The molecule has 2 heterocycles. The second-order valence-electron chi connectivity index (χ2n) is 14.2. The molecular formula is C51H34N2S2. The van der Waals surface area contributed by atoms with Gasteiger partial charge in [0.05, 0.1) is 16.1 Å². The van der Waals surface area contributed by atoms with Gasteiger partial charge in [-0.2, -0.15) is 0 Å². The van der Waals surface area contributed by atoms with Gasteiger partial charge in [0.2, 0.25) is 0 Å². The number of anilines is 4. The number of hydrogen-bond acceptors (Lipinski definition) is 4. The van der Waals surface area contributed by atoms with E-state index in [4.69, 9.17) is 0 Å². The molecule has 0 bridgehead atoms. The van der Waals surface area contributed by atoms with Crippen LogP contribution in [0.1, 0.15) is 10.9 Å². The Bertz CT molecular complexity index is 3030. The summed E-state index contributed by atoms with van der Waals surface area (Å²) in [4.78, 5) is 3.73. The summed E-state index contributed by atoms with van der Waals surface area (Å²) in [6.45, 7) is 0. The molecule has 0 spiro atoms. The number of thioether (sulfide) groups is 1. The van der Waals surface area contributed by atoms with Crippen molar-refractivity contribution in [1.29, 1.82) is 0 Å². The van der Waals surface area contributed by atoms with Gasteiger partial charge >= 0.3 is 0 Å². The number of nitrogens with one attached hydrogen (secondary N) is 1. The molecule has 0 saturated carbocycles.